The van der Waals surface area contributed by atoms with E-state index in [-0.39, 0.29) is 24.1 Å². The third kappa shape index (κ3) is 3.73. The molecule has 118 valence electrons. The van der Waals surface area contributed by atoms with Gasteiger partial charge in [-0.1, -0.05) is 6.07 Å². The summed E-state index contributed by atoms with van der Waals surface area (Å²) in [4.78, 5) is 27.6. The maximum Gasteiger partial charge on any atom is 0.272 e. The molecule has 0 aliphatic heterocycles. The first-order chi connectivity index (χ1) is 11.2. The minimum atomic E-state index is -0.376. The van der Waals surface area contributed by atoms with E-state index in [0.717, 1.165) is 5.52 Å². The Labute approximate surface area is 132 Å². The first-order valence-corrected chi connectivity index (χ1v) is 7.17. The molecular formula is C15H16N6O2. The molecule has 8 nitrogen and oxygen atoms in total. The van der Waals surface area contributed by atoms with Crippen LogP contribution >= 0.6 is 0 Å². The molecule has 3 aromatic heterocycles. The highest BCUT2D eigenvalue weighted by Gasteiger charge is 2.11. The van der Waals surface area contributed by atoms with Gasteiger partial charge in [-0.2, -0.15) is 5.10 Å². The van der Waals surface area contributed by atoms with Crippen molar-refractivity contribution in [2.45, 2.75) is 6.54 Å². The Balaban J connectivity index is 1.45. The average molecular weight is 312 g/mol. The van der Waals surface area contributed by atoms with Gasteiger partial charge in [0.15, 0.2) is 5.69 Å². The molecule has 0 unspecified atom stereocenters. The largest absolute Gasteiger partial charge is 0.353 e. The number of aromatic nitrogens is 4. The molecular weight excluding hydrogens is 296 g/mol. The fraction of sp³-hybridized carbons (Fsp3) is 0.200. The highest BCUT2D eigenvalue weighted by molar-refractivity contribution is 5.95. The van der Waals surface area contributed by atoms with E-state index in [4.69, 9.17) is 0 Å². The highest BCUT2D eigenvalue weighted by Crippen LogP contribution is 2.05. The summed E-state index contributed by atoms with van der Waals surface area (Å²) in [7, 11) is 0. The normalized spacial score (nSPS) is 10.6. The van der Waals surface area contributed by atoms with Gasteiger partial charge in [-0.15, -0.1) is 0 Å². The van der Waals surface area contributed by atoms with Gasteiger partial charge in [-0.05, 0) is 18.2 Å². The minimum absolute atomic E-state index is 0.0867. The predicted molar refractivity (Wildman–Crippen MR) is 82.8 cm³/mol. The van der Waals surface area contributed by atoms with Gasteiger partial charge in [0, 0.05) is 31.7 Å². The van der Waals surface area contributed by atoms with Crippen molar-refractivity contribution in [3.8, 4) is 0 Å². The van der Waals surface area contributed by atoms with Crippen molar-refractivity contribution in [1.29, 1.82) is 0 Å². The van der Waals surface area contributed by atoms with E-state index in [1.807, 2.05) is 29.0 Å². The molecule has 0 bridgehead atoms. The van der Waals surface area contributed by atoms with Crippen molar-refractivity contribution in [2.75, 3.05) is 13.1 Å². The van der Waals surface area contributed by atoms with Crippen molar-refractivity contribution in [2.24, 2.45) is 0 Å². The molecule has 0 radical (unpaired) electrons. The zero-order chi connectivity index (χ0) is 16.1. The molecule has 3 heterocycles. The standard InChI is InChI=1S/C15H16N6O2/c22-14(17-5-8-20-7-4-16-11-20)10-18-15(23)13-9-12-3-1-2-6-21(12)19-13/h1-4,6-7,9,11H,5,8,10H2,(H,17,22)(H,18,23). The summed E-state index contributed by atoms with van der Waals surface area (Å²) < 4.78 is 3.47. The van der Waals surface area contributed by atoms with E-state index >= 15 is 0 Å². The van der Waals surface area contributed by atoms with Crippen LogP contribution in [0.3, 0.4) is 0 Å². The fourth-order valence-electron chi connectivity index (χ4n) is 2.11. The molecule has 0 aromatic carbocycles. The minimum Gasteiger partial charge on any atom is -0.353 e. The van der Waals surface area contributed by atoms with E-state index < -0.39 is 0 Å². The lowest BCUT2D eigenvalue weighted by Crippen LogP contribution is -2.38. The van der Waals surface area contributed by atoms with Gasteiger partial charge < -0.3 is 15.2 Å². The summed E-state index contributed by atoms with van der Waals surface area (Å²) >= 11 is 0. The third-order valence-corrected chi connectivity index (χ3v) is 3.26. The quantitative estimate of drug-likeness (QED) is 0.674. The first-order valence-electron chi connectivity index (χ1n) is 7.17. The van der Waals surface area contributed by atoms with Crippen LogP contribution in [0, 0.1) is 0 Å². The third-order valence-electron chi connectivity index (χ3n) is 3.26. The molecule has 0 aliphatic rings. The van der Waals surface area contributed by atoms with Crippen molar-refractivity contribution in [1.82, 2.24) is 29.8 Å². The van der Waals surface area contributed by atoms with Crippen LogP contribution in [-0.2, 0) is 11.3 Å². The molecule has 3 rings (SSSR count). The number of carbonyl (C=O) groups is 2. The average Bonchev–Trinajstić information content (AvgIpc) is 3.21. The number of pyridine rings is 1. The zero-order valence-electron chi connectivity index (χ0n) is 12.3. The van der Waals surface area contributed by atoms with Gasteiger partial charge >= 0.3 is 0 Å². The number of imidazole rings is 1. The van der Waals surface area contributed by atoms with Crippen molar-refractivity contribution in [3.63, 3.8) is 0 Å². The predicted octanol–water partition coefficient (Wildman–Crippen LogP) is 0.0770. The number of nitrogens with one attached hydrogen (secondary N) is 2. The van der Waals surface area contributed by atoms with Gasteiger partial charge in [-0.3, -0.25) is 9.59 Å². The first kappa shape index (κ1) is 14.8. The molecule has 2 N–H and O–H groups in total. The van der Waals surface area contributed by atoms with E-state index in [1.54, 1.807) is 29.3 Å². The monoisotopic (exact) mass is 312 g/mol. The lowest BCUT2D eigenvalue weighted by molar-refractivity contribution is -0.120. The van der Waals surface area contributed by atoms with Crippen LogP contribution in [0.5, 0.6) is 0 Å². The van der Waals surface area contributed by atoms with Crippen LogP contribution in [0.4, 0.5) is 0 Å². The summed E-state index contributed by atoms with van der Waals surface area (Å²) in [6.45, 7) is 1.02. The Morgan fingerprint density at radius 1 is 1.17 bits per heavy atom. The number of hydrogen-bond donors (Lipinski definition) is 2. The molecule has 0 aliphatic carbocycles. The van der Waals surface area contributed by atoms with E-state index in [0.29, 0.717) is 13.1 Å². The molecule has 23 heavy (non-hydrogen) atoms. The number of fused-ring (bicyclic) bond motifs is 1. The number of carbonyl (C=O) groups excluding carboxylic acids is 2. The Kier molecular flexibility index (Phi) is 4.32. The summed E-state index contributed by atoms with van der Waals surface area (Å²) in [5, 5.41) is 9.43. The van der Waals surface area contributed by atoms with E-state index in [9.17, 15) is 9.59 Å². The van der Waals surface area contributed by atoms with Gasteiger partial charge in [0.05, 0.1) is 18.4 Å². The second-order valence-corrected chi connectivity index (χ2v) is 4.93. The molecule has 8 heteroatoms. The maximum atomic E-state index is 12.0. The lowest BCUT2D eigenvalue weighted by Gasteiger charge is -2.06. The Morgan fingerprint density at radius 3 is 2.87 bits per heavy atom. The smallest absolute Gasteiger partial charge is 0.272 e. The van der Waals surface area contributed by atoms with Crippen LogP contribution in [-0.4, -0.2) is 44.1 Å². The Morgan fingerprint density at radius 2 is 2.09 bits per heavy atom. The van der Waals surface area contributed by atoms with Gasteiger partial charge in [0.1, 0.15) is 0 Å². The molecule has 0 saturated heterocycles. The topological polar surface area (TPSA) is 93.3 Å². The van der Waals surface area contributed by atoms with Crippen molar-refractivity contribution < 1.29 is 9.59 Å². The van der Waals surface area contributed by atoms with Gasteiger partial charge in [0.2, 0.25) is 5.91 Å². The van der Waals surface area contributed by atoms with E-state index in [1.165, 1.54) is 0 Å². The van der Waals surface area contributed by atoms with E-state index in [2.05, 4.69) is 20.7 Å². The van der Waals surface area contributed by atoms with Crippen LogP contribution in [0.25, 0.3) is 5.52 Å². The Bertz CT molecular complexity index is 775. The summed E-state index contributed by atoms with van der Waals surface area (Å²) in [5.41, 5.74) is 1.10. The molecule has 0 saturated carbocycles. The molecule has 0 spiro atoms. The van der Waals surface area contributed by atoms with Gasteiger partial charge in [-0.25, -0.2) is 9.50 Å². The van der Waals surface area contributed by atoms with Crippen molar-refractivity contribution in [3.05, 3.63) is 54.9 Å². The Hall–Kier alpha value is -3.16. The highest BCUT2D eigenvalue weighted by atomic mass is 16.2. The zero-order valence-corrected chi connectivity index (χ0v) is 12.3. The SMILES string of the molecule is O=C(CNC(=O)c1cc2ccccn2n1)NCCn1ccnc1. The number of rotatable bonds is 6. The second kappa shape index (κ2) is 6.73. The summed E-state index contributed by atoms with van der Waals surface area (Å²) in [6, 6.07) is 7.22. The summed E-state index contributed by atoms with van der Waals surface area (Å²) in [6.07, 6.45) is 6.93. The van der Waals surface area contributed by atoms with Crippen LogP contribution in [0.15, 0.2) is 49.2 Å². The molecule has 0 fully saturated rings. The van der Waals surface area contributed by atoms with Crippen LogP contribution in [0.2, 0.25) is 0 Å². The second-order valence-electron chi connectivity index (χ2n) is 4.93. The van der Waals surface area contributed by atoms with Crippen molar-refractivity contribution >= 4 is 17.3 Å². The molecule has 0 atom stereocenters. The summed E-state index contributed by atoms with van der Waals surface area (Å²) in [5.74, 6) is -0.624. The number of nitrogens with zero attached hydrogens (tertiary/aromatic N) is 4. The lowest BCUT2D eigenvalue weighted by atomic mass is 10.3. The maximum absolute atomic E-state index is 12.0. The molecule has 2 amide bonds. The fourth-order valence-corrected chi connectivity index (χ4v) is 2.11. The van der Waals surface area contributed by atoms with Crippen LogP contribution < -0.4 is 10.6 Å². The van der Waals surface area contributed by atoms with Crippen LogP contribution in [0.1, 0.15) is 10.5 Å². The van der Waals surface area contributed by atoms with Gasteiger partial charge in [0.25, 0.3) is 5.91 Å². The number of amides is 2. The molecule has 3 aromatic rings. The number of hydrogen-bond acceptors (Lipinski definition) is 4.